The molecule has 3 atom stereocenters. The van der Waals surface area contributed by atoms with E-state index in [9.17, 15) is 4.79 Å². The van der Waals surface area contributed by atoms with Gasteiger partial charge in [0.15, 0.2) is 0 Å². The van der Waals surface area contributed by atoms with E-state index in [1.165, 1.54) is 0 Å². The van der Waals surface area contributed by atoms with E-state index in [0.717, 1.165) is 25.8 Å². The summed E-state index contributed by atoms with van der Waals surface area (Å²) in [6.07, 6.45) is 5.36. The van der Waals surface area contributed by atoms with E-state index in [1.807, 2.05) is 16.7 Å². The number of thioether (sulfide) groups is 1. The van der Waals surface area contributed by atoms with Crippen molar-refractivity contribution in [3.63, 3.8) is 0 Å². The van der Waals surface area contributed by atoms with Gasteiger partial charge in [0.25, 0.3) is 0 Å². The lowest BCUT2D eigenvalue weighted by Gasteiger charge is -2.24. The highest BCUT2D eigenvalue weighted by Gasteiger charge is 2.36. The van der Waals surface area contributed by atoms with Crippen molar-refractivity contribution in [1.29, 1.82) is 0 Å². The molecule has 1 saturated heterocycles. The smallest absolute Gasteiger partial charge is 0.241 e. The SMILES string of the molecule is CCC1NC(CC)N(CCC(C)SC)C1=O. The first-order valence-corrected chi connectivity index (χ1v) is 7.52. The second-order valence-corrected chi connectivity index (χ2v) is 5.69. The molecule has 1 heterocycles. The van der Waals surface area contributed by atoms with Gasteiger partial charge >= 0.3 is 0 Å². The molecule has 4 heteroatoms. The summed E-state index contributed by atoms with van der Waals surface area (Å²) in [5.41, 5.74) is 0. The third kappa shape index (κ3) is 3.14. The topological polar surface area (TPSA) is 32.3 Å². The largest absolute Gasteiger partial charge is 0.326 e. The molecule has 1 N–H and O–H groups in total. The molecule has 1 amide bonds. The van der Waals surface area contributed by atoms with Crippen LogP contribution in [0.5, 0.6) is 0 Å². The van der Waals surface area contributed by atoms with Gasteiger partial charge in [0.1, 0.15) is 0 Å². The molecule has 1 aliphatic heterocycles. The molecule has 3 nitrogen and oxygen atoms in total. The third-order valence-electron chi connectivity index (χ3n) is 3.32. The van der Waals surface area contributed by atoms with E-state index in [4.69, 9.17) is 0 Å². The molecular formula is C12H24N2OS. The lowest BCUT2D eigenvalue weighted by atomic mass is 10.2. The highest BCUT2D eigenvalue weighted by Crippen LogP contribution is 2.18. The minimum absolute atomic E-state index is 0.0505. The maximum atomic E-state index is 12.1. The van der Waals surface area contributed by atoms with Crippen LogP contribution in [0, 0.1) is 0 Å². The highest BCUT2D eigenvalue weighted by molar-refractivity contribution is 7.99. The summed E-state index contributed by atoms with van der Waals surface area (Å²) in [7, 11) is 0. The van der Waals surface area contributed by atoms with Crippen LogP contribution in [0.4, 0.5) is 0 Å². The Labute approximate surface area is 103 Å². The first-order valence-electron chi connectivity index (χ1n) is 6.23. The number of rotatable bonds is 6. The van der Waals surface area contributed by atoms with Gasteiger partial charge in [-0.25, -0.2) is 0 Å². The summed E-state index contributed by atoms with van der Waals surface area (Å²) in [6.45, 7) is 7.31. The van der Waals surface area contributed by atoms with Gasteiger partial charge in [0, 0.05) is 11.8 Å². The Hall–Kier alpha value is -0.220. The predicted molar refractivity (Wildman–Crippen MR) is 70.6 cm³/mol. The van der Waals surface area contributed by atoms with Gasteiger partial charge in [-0.15, -0.1) is 0 Å². The maximum absolute atomic E-state index is 12.1. The Morgan fingerprint density at radius 1 is 1.44 bits per heavy atom. The first-order chi connectivity index (χ1) is 7.63. The second kappa shape index (κ2) is 6.50. The van der Waals surface area contributed by atoms with E-state index in [1.54, 1.807) is 0 Å². The molecule has 0 bridgehead atoms. The van der Waals surface area contributed by atoms with Crippen molar-refractivity contribution < 1.29 is 4.79 Å². The van der Waals surface area contributed by atoms with Crippen molar-refractivity contribution >= 4 is 17.7 Å². The molecule has 94 valence electrons. The molecule has 0 aromatic rings. The van der Waals surface area contributed by atoms with Crippen LogP contribution in [0.15, 0.2) is 0 Å². The zero-order chi connectivity index (χ0) is 12.1. The molecule has 3 unspecified atom stereocenters. The predicted octanol–water partition coefficient (Wildman–Crippen LogP) is 2.07. The Balaban J connectivity index is 2.52. The number of hydrogen-bond donors (Lipinski definition) is 1. The minimum atomic E-state index is 0.0505. The summed E-state index contributed by atoms with van der Waals surface area (Å²) in [5, 5.41) is 4.03. The molecular weight excluding hydrogens is 220 g/mol. The molecule has 1 rings (SSSR count). The number of carbonyl (C=O) groups excluding carboxylic acids is 1. The fourth-order valence-electron chi connectivity index (χ4n) is 2.08. The highest BCUT2D eigenvalue weighted by atomic mass is 32.2. The quantitative estimate of drug-likeness (QED) is 0.776. The van der Waals surface area contributed by atoms with E-state index in [0.29, 0.717) is 11.2 Å². The van der Waals surface area contributed by atoms with Crippen LogP contribution in [0.3, 0.4) is 0 Å². The molecule has 1 fully saturated rings. The molecule has 0 aliphatic carbocycles. The minimum Gasteiger partial charge on any atom is -0.326 e. The van der Waals surface area contributed by atoms with E-state index in [2.05, 4.69) is 32.3 Å². The van der Waals surface area contributed by atoms with Crippen LogP contribution >= 0.6 is 11.8 Å². The number of hydrogen-bond acceptors (Lipinski definition) is 3. The van der Waals surface area contributed by atoms with Crippen LogP contribution in [-0.4, -0.2) is 41.1 Å². The molecule has 0 aromatic heterocycles. The Kier molecular flexibility index (Phi) is 5.62. The van der Waals surface area contributed by atoms with Gasteiger partial charge in [0.05, 0.1) is 12.2 Å². The number of nitrogens with one attached hydrogen (secondary N) is 1. The number of carbonyl (C=O) groups is 1. The van der Waals surface area contributed by atoms with Gasteiger partial charge in [-0.2, -0.15) is 11.8 Å². The zero-order valence-corrected chi connectivity index (χ0v) is 11.6. The van der Waals surface area contributed by atoms with Gasteiger partial charge in [-0.1, -0.05) is 20.8 Å². The molecule has 16 heavy (non-hydrogen) atoms. The van der Waals surface area contributed by atoms with Crippen molar-refractivity contribution in [3.8, 4) is 0 Å². The van der Waals surface area contributed by atoms with Crippen molar-refractivity contribution in [1.82, 2.24) is 10.2 Å². The Morgan fingerprint density at radius 3 is 2.62 bits per heavy atom. The molecule has 1 aliphatic rings. The van der Waals surface area contributed by atoms with Gasteiger partial charge < -0.3 is 4.90 Å². The number of amides is 1. The van der Waals surface area contributed by atoms with E-state index < -0.39 is 0 Å². The molecule has 0 saturated carbocycles. The lowest BCUT2D eigenvalue weighted by molar-refractivity contribution is -0.130. The van der Waals surface area contributed by atoms with Crippen LogP contribution < -0.4 is 5.32 Å². The fourth-order valence-corrected chi connectivity index (χ4v) is 2.42. The zero-order valence-electron chi connectivity index (χ0n) is 10.8. The van der Waals surface area contributed by atoms with Crippen molar-refractivity contribution in [2.45, 2.75) is 57.5 Å². The summed E-state index contributed by atoms with van der Waals surface area (Å²) in [4.78, 5) is 14.1. The summed E-state index contributed by atoms with van der Waals surface area (Å²) in [6, 6.07) is 0.0505. The van der Waals surface area contributed by atoms with Crippen molar-refractivity contribution in [2.75, 3.05) is 12.8 Å². The second-order valence-electron chi connectivity index (χ2n) is 4.42. The standard InChI is InChI=1S/C12H24N2OS/c1-5-10-12(15)14(11(6-2)13-10)8-7-9(3)16-4/h9-11,13H,5-8H2,1-4H3. The Morgan fingerprint density at radius 2 is 2.12 bits per heavy atom. The van der Waals surface area contributed by atoms with Gasteiger partial charge in [-0.05, 0) is 25.5 Å². The summed E-state index contributed by atoms with van der Waals surface area (Å²) >= 11 is 1.87. The van der Waals surface area contributed by atoms with Crippen LogP contribution in [-0.2, 0) is 4.79 Å². The van der Waals surface area contributed by atoms with E-state index in [-0.39, 0.29) is 12.2 Å². The molecule has 0 spiro atoms. The van der Waals surface area contributed by atoms with Crippen LogP contribution in [0.2, 0.25) is 0 Å². The molecule has 0 radical (unpaired) electrons. The van der Waals surface area contributed by atoms with Gasteiger partial charge in [-0.3, -0.25) is 10.1 Å². The summed E-state index contributed by atoms with van der Waals surface area (Å²) in [5.74, 6) is 0.294. The maximum Gasteiger partial charge on any atom is 0.241 e. The molecule has 0 aromatic carbocycles. The van der Waals surface area contributed by atoms with E-state index >= 15 is 0 Å². The average molecular weight is 244 g/mol. The van der Waals surface area contributed by atoms with Gasteiger partial charge in [0.2, 0.25) is 5.91 Å². The van der Waals surface area contributed by atoms with Crippen molar-refractivity contribution in [3.05, 3.63) is 0 Å². The Bertz CT molecular complexity index is 235. The summed E-state index contributed by atoms with van der Waals surface area (Å²) < 4.78 is 0. The average Bonchev–Trinajstić information content (AvgIpc) is 2.62. The lowest BCUT2D eigenvalue weighted by Crippen LogP contribution is -2.38. The van der Waals surface area contributed by atoms with Crippen LogP contribution in [0.25, 0.3) is 0 Å². The van der Waals surface area contributed by atoms with Crippen molar-refractivity contribution in [2.24, 2.45) is 0 Å². The fraction of sp³-hybridized carbons (Fsp3) is 0.917. The first kappa shape index (κ1) is 13.8. The van der Waals surface area contributed by atoms with Crippen LogP contribution in [0.1, 0.15) is 40.0 Å². The third-order valence-corrected chi connectivity index (χ3v) is 4.37. The number of nitrogens with zero attached hydrogens (tertiary/aromatic N) is 1. The normalized spacial score (nSPS) is 27.5. The monoisotopic (exact) mass is 244 g/mol.